The first-order valence-corrected chi connectivity index (χ1v) is 10.1. The standard InChI is InChI=1S/C20H28N2O4S/c1-14-7-9-17(11-15(14)2)27(23,24)21-13-18(22(3)4)16-8-10-19(25-5)20(12-16)26-6/h7-12,18,21H,13H2,1-6H3. The molecular formula is C20H28N2O4S. The number of benzene rings is 2. The van der Waals surface area contributed by atoms with Gasteiger partial charge in [-0.05, 0) is 68.9 Å². The maximum atomic E-state index is 12.7. The number of methoxy groups -OCH3 is 2. The number of aryl methyl sites for hydroxylation is 2. The second-order valence-electron chi connectivity index (χ2n) is 6.69. The molecule has 2 aromatic carbocycles. The zero-order chi connectivity index (χ0) is 20.2. The highest BCUT2D eigenvalue weighted by Gasteiger charge is 2.21. The molecule has 0 aromatic heterocycles. The first-order chi connectivity index (χ1) is 12.7. The number of nitrogens with one attached hydrogen (secondary N) is 1. The highest BCUT2D eigenvalue weighted by molar-refractivity contribution is 7.89. The fraction of sp³-hybridized carbons (Fsp3) is 0.400. The van der Waals surface area contributed by atoms with E-state index in [0.29, 0.717) is 11.5 Å². The van der Waals surface area contributed by atoms with Gasteiger partial charge >= 0.3 is 0 Å². The highest BCUT2D eigenvalue weighted by atomic mass is 32.2. The summed E-state index contributed by atoms with van der Waals surface area (Å²) < 4.78 is 38.8. The largest absolute Gasteiger partial charge is 0.493 e. The summed E-state index contributed by atoms with van der Waals surface area (Å²) in [5.41, 5.74) is 2.94. The smallest absolute Gasteiger partial charge is 0.240 e. The van der Waals surface area contributed by atoms with Gasteiger partial charge in [0.2, 0.25) is 10.0 Å². The SMILES string of the molecule is COc1ccc(C(CNS(=O)(=O)c2ccc(C)c(C)c2)N(C)C)cc1OC. The Balaban J connectivity index is 2.25. The summed E-state index contributed by atoms with van der Waals surface area (Å²) in [5.74, 6) is 1.24. The Morgan fingerprint density at radius 1 is 0.963 bits per heavy atom. The van der Waals surface area contributed by atoms with Crippen molar-refractivity contribution in [3.8, 4) is 11.5 Å². The Bertz CT molecular complexity index is 895. The van der Waals surface area contributed by atoms with E-state index in [1.165, 1.54) is 0 Å². The van der Waals surface area contributed by atoms with Crippen LogP contribution in [0.2, 0.25) is 0 Å². The van der Waals surface area contributed by atoms with Gasteiger partial charge < -0.3 is 14.4 Å². The van der Waals surface area contributed by atoms with E-state index in [0.717, 1.165) is 16.7 Å². The molecule has 6 nitrogen and oxygen atoms in total. The molecule has 0 spiro atoms. The van der Waals surface area contributed by atoms with Crippen LogP contribution < -0.4 is 14.2 Å². The molecule has 0 saturated carbocycles. The Labute approximate surface area is 162 Å². The van der Waals surface area contributed by atoms with Crippen LogP contribution >= 0.6 is 0 Å². The third kappa shape index (κ3) is 5.00. The first-order valence-electron chi connectivity index (χ1n) is 8.65. The summed E-state index contributed by atoms with van der Waals surface area (Å²) in [6.45, 7) is 4.09. The van der Waals surface area contributed by atoms with E-state index in [-0.39, 0.29) is 17.5 Å². The number of nitrogens with zero attached hydrogens (tertiary/aromatic N) is 1. The monoisotopic (exact) mass is 392 g/mol. The van der Waals surface area contributed by atoms with E-state index in [4.69, 9.17) is 9.47 Å². The van der Waals surface area contributed by atoms with Crippen molar-refractivity contribution >= 4 is 10.0 Å². The lowest BCUT2D eigenvalue weighted by Crippen LogP contribution is -2.34. The van der Waals surface area contributed by atoms with Crippen LogP contribution in [-0.2, 0) is 10.0 Å². The number of hydrogen-bond donors (Lipinski definition) is 1. The van der Waals surface area contributed by atoms with E-state index in [9.17, 15) is 8.42 Å². The Morgan fingerprint density at radius 2 is 1.63 bits per heavy atom. The van der Waals surface area contributed by atoms with Crippen molar-refractivity contribution in [2.45, 2.75) is 24.8 Å². The maximum Gasteiger partial charge on any atom is 0.240 e. The van der Waals surface area contributed by atoms with Crippen LogP contribution in [0.1, 0.15) is 22.7 Å². The lowest BCUT2D eigenvalue weighted by atomic mass is 10.1. The molecule has 27 heavy (non-hydrogen) atoms. The summed E-state index contributed by atoms with van der Waals surface area (Å²) >= 11 is 0. The summed E-state index contributed by atoms with van der Waals surface area (Å²) in [6, 6.07) is 10.6. The third-order valence-electron chi connectivity index (χ3n) is 4.67. The van der Waals surface area contributed by atoms with Crippen molar-refractivity contribution in [2.75, 3.05) is 34.9 Å². The van der Waals surface area contributed by atoms with Gasteiger partial charge in [0.1, 0.15) is 0 Å². The van der Waals surface area contributed by atoms with Crippen molar-refractivity contribution in [3.63, 3.8) is 0 Å². The van der Waals surface area contributed by atoms with Gasteiger partial charge in [-0.1, -0.05) is 12.1 Å². The molecule has 0 saturated heterocycles. The van der Waals surface area contributed by atoms with E-state index in [1.54, 1.807) is 26.4 Å². The van der Waals surface area contributed by atoms with E-state index in [1.807, 2.05) is 57.1 Å². The Hall–Kier alpha value is -2.09. The van der Waals surface area contributed by atoms with Gasteiger partial charge in [-0.3, -0.25) is 0 Å². The molecule has 0 bridgehead atoms. The number of sulfonamides is 1. The number of likely N-dealkylation sites (N-methyl/N-ethyl adjacent to an activating group) is 1. The van der Waals surface area contributed by atoms with Crippen molar-refractivity contribution in [1.82, 2.24) is 9.62 Å². The Kier molecular flexibility index (Phi) is 6.86. The highest BCUT2D eigenvalue weighted by Crippen LogP contribution is 2.31. The molecule has 0 fully saturated rings. The summed E-state index contributed by atoms with van der Waals surface area (Å²) in [5, 5.41) is 0. The zero-order valence-electron chi connectivity index (χ0n) is 16.7. The van der Waals surface area contributed by atoms with Crippen LogP contribution in [-0.4, -0.2) is 48.2 Å². The van der Waals surface area contributed by atoms with E-state index in [2.05, 4.69) is 4.72 Å². The van der Waals surface area contributed by atoms with Gasteiger partial charge in [-0.15, -0.1) is 0 Å². The minimum absolute atomic E-state index is 0.161. The normalized spacial score (nSPS) is 12.9. The summed E-state index contributed by atoms with van der Waals surface area (Å²) in [4.78, 5) is 2.24. The average Bonchev–Trinajstić information content (AvgIpc) is 2.63. The van der Waals surface area contributed by atoms with Crippen molar-refractivity contribution in [3.05, 3.63) is 53.1 Å². The number of rotatable bonds is 8. The van der Waals surface area contributed by atoms with E-state index >= 15 is 0 Å². The second kappa shape index (κ2) is 8.73. The van der Waals surface area contributed by atoms with Gasteiger partial charge in [0.25, 0.3) is 0 Å². The van der Waals surface area contributed by atoms with Crippen molar-refractivity contribution in [1.29, 1.82) is 0 Å². The fourth-order valence-corrected chi connectivity index (χ4v) is 3.93. The predicted octanol–water partition coefficient (Wildman–Crippen LogP) is 2.90. The average molecular weight is 393 g/mol. The van der Waals surface area contributed by atoms with E-state index < -0.39 is 10.0 Å². The molecule has 0 amide bonds. The number of ether oxygens (including phenoxy) is 2. The van der Waals surface area contributed by atoms with Crippen molar-refractivity contribution < 1.29 is 17.9 Å². The van der Waals surface area contributed by atoms with Crippen molar-refractivity contribution in [2.24, 2.45) is 0 Å². The van der Waals surface area contributed by atoms with Crippen LogP contribution in [0.3, 0.4) is 0 Å². The number of hydrogen-bond acceptors (Lipinski definition) is 5. The lowest BCUT2D eigenvalue weighted by molar-refractivity contribution is 0.297. The lowest BCUT2D eigenvalue weighted by Gasteiger charge is -2.26. The quantitative estimate of drug-likeness (QED) is 0.748. The molecule has 0 aliphatic carbocycles. The van der Waals surface area contributed by atoms with Crippen LogP contribution in [0.25, 0.3) is 0 Å². The molecule has 1 N–H and O–H groups in total. The molecule has 7 heteroatoms. The van der Waals surface area contributed by atoms with Crippen LogP contribution in [0.15, 0.2) is 41.3 Å². The molecule has 2 rings (SSSR count). The molecule has 0 aliphatic heterocycles. The minimum atomic E-state index is -3.60. The predicted molar refractivity (Wildman–Crippen MR) is 107 cm³/mol. The molecule has 2 aromatic rings. The summed E-state index contributed by atoms with van der Waals surface area (Å²) in [6.07, 6.45) is 0. The van der Waals surface area contributed by atoms with Gasteiger partial charge in [0.15, 0.2) is 11.5 Å². The molecule has 148 valence electrons. The minimum Gasteiger partial charge on any atom is -0.493 e. The summed E-state index contributed by atoms with van der Waals surface area (Å²) in [7, 11) is 3.38. The zero-order valence-corrected chi connectivity index (χ0v) is 17.6. The van der Waals surface area contributed by atoms with Gasteiger partial charge in [0.05, 0.1) is 19.1 Å². The maximum absolute atomic E-state index is 12.7. The molecule has 1 atom stereocenters. The first kappa shape index (κ1) is 21.2. The molecule has 0 radical (unpaired) electrons. The van der Waals surface area contributed by atoms with Gasteiger partial charge in [-0.2, -0.15) is 0 Å². The Morgan fingerprint density at radius 3 is 2.19 bits per heavy atom. The van der Waals surface area contributed by atoms with Crippen LogP contribution in [0.4, 0.5) is 0 Å². The molecule has 0 aliphatic rings. The second-order valence-corrected chi connectivity index (χ2v) is 8.46. The molecule has 1 unspecified atom stereocenters. The fourth-order valence-electron chi connectivity index (χ4n) is 2.81. The van der Waals surface area contributed by atoms with Crippen LogP contribution in [0, 0.1) is 13.8 Å². The third-order valence-corrected chi connectivity index (χ3v) is 6.09. The topological polar surface area (TPSA) is 67.9 Å². The molecular weight excluding hydrogens is 364 g/mol. The van der Waals surface area contributed by atoms with Gasteiger partial charge in [-0.25, -0.2) is 13.1 Å². The molecule has 0 heterocycles. The van der Waals surface area contributed by atoms with Crippen LogP contribution in [0.5, 0.6) is 11.5 Å². The van der Waals surface area contributed by atoms with Gasteiger partial charge in [0, 0.05) is 12.6 Å².